The van der Waals surface area contributed by atoms with Gasteiger partial charge in [-0.3, -0.25) is 4.79 Å². The predicted molar refractivity (Wildman–Crippen MR) is 33.4 cm³/mol. The third-order valence-corrected chi connectivity index (χ3v) is 0.867. The zero-order chi connectivity index (χ0) is 5.98. The molecule has 0 atom stereocenters. The van der Waals surface area contributed by atoms with E-state index in [1.54, 1.807) is 0 Å². The molecular weight excluding hydrogens is 152 g/mol. The molecule has 1 rings (SSSR count). The minimum absolute atomic E-state index is 0. The molecular formula is C3H2ClN3NaO. The van der Waals surface area contributed by atoms with Crippen LogP contribution in [0.1, 0.15) is 0 Å². The van der Waals surface area contributed by atoms with Crippen LogP contribution in [-0.4, -0.2) is 45.0 Å². The van der Waals surface area contributed by atoms with E-state index in [1.165, 1.54) is 6.20 Å². The Morgan fingerprint density at radius 3 is 2.67 bits per heavy atom. The normalized spacial score (nSPS) is 8.11. The number of rotatable bonds is 0. The minimum Gasteiger partial charge on any atom is -0.266 e. The van der Waals surface area contributed by atoms with Gasteiger partial charge in [-0.2, -0.15) is 0 Å². The molecule has 0 amide bonds. The molecule has 0 spiro atoms. The van der Waals surface area contributed by atoms with Gasteiger partial charge < -0.3 is 0 Å². The van der Waals surface area contributed by atoms with Gasteiger partial charge in [0.25, 0.3) is 5.56 Å². The topological polar surface area (TPSA) is 58.6 Å². The van der Waals surface area contributed by atoms with Crippen molar-refractivity contribution in [3.63, 3.8) is 0 Å². The summed E-state index contributed by atoms with van der Waals surface area (Å²) in [5.74, 6) is 0. The maximum Gasteiger partial charge on any atom is 0.285 e. The molecule has 0 saturated heterocycles. The fourth-order valence-electron chi connectivity index (χ4n) is 0.266. The van der Waals surface area contributed by atoms with Gasteiger partial charge in [-0.1, -0.05) is 16.8 Å². The van der Waals surface area contributed by atoms with Gasteiger partial charge in [0, 0.05) is 29.6 Å². The van der Waals surface area contributed by atoms with Crippen molar-refractivity contribution in [2.24, 2.45) is 0 Å². The molecule has 0 bridgehead atoms. The zero-order valence-electron chi connectivity index (χ0n) is 4.76. The Hall–Kier alpha value is 0.100. The zero-order valence-corrected chi connectivity index (χ0v) is 7.51. The van der Waals surface area contributed by atoms with Crippen molar-refractivity contribution < 1.29 is 0 Å². The summed E-state index contributed by atoms with van der Waals surface area (Å²) in [5.41, 5.74) is -0.415. The van der Waals surface area contributed by atoms with Crippen LogP contribution in [0.5, 0.6) is 0 Å². The monoisotopic (exact) mass is 154 g/mol. The number of hydrogen-bond acceptors (Lipinski definition) is 3. The van der Waals surface area contributed by atoms with Crippen molar-refractivity contribution in [1.82, 2.24) is 15.4 Å². The van der Waals surface area contributed by atoms with Crippen molar-refractivity contribution in [3.8, 4) is 0 Å². The number of aromatic nitrogens is 3. The van der Waals surface area contributed by atoms with Crippen LogP contribution in [0, 0.1) is 0 Å². The van der Waals surface area contributed by atoms with Crippen LogP contribution in [0.15, 0.2) is 11.0 Å². The Labute approximate surface area is 77.9 Å². The maximum atomic E-state index is 10.3. The first kappa shape index (κ1) is 9.10. The fraction of sp³-hybridized carbons (Fsp3) is 0. The molecule has 0 unspecified atom stereocenters. The molecule has 1 aromatic rings. The average molecular weight is 155 g/mol. The van der Waals surface area contributed by atoms with E-state index in [0.29, 0.717) is 0 Å². The molecule has 0 fully saturated rings. The fourth-order valence-corrected chi connectivity index (χ4v) is 0.352. The molecule has 0 aliphatic carbocycles. The van der Waals surface area contributed by atoms with Gasteiger partial charge in [0.15, 0.2) is 0 Å². The van der Waals surface area contributed by atoms with Gasteiger partial charge in [-0.05, 0) is 0 Å². The standard InChI is InChI=1S/C3H2ClN3O.Na/c4-2-1-5-7-6-3(2)8;/h1H,(H,5,6,8);. The van der Waals surface area contributed by atoms with Crippen molar-refractivity contribution >= 4 is 41.2 Å². The van der Waals surface area contributed by atoms with Crippen LogP contribution in [-0.2, 0) is 0 Å². The van der Waals surface area contributed by atoms with Crippen molar-refractivity contribution in [2.75, 3.05) is 0 Å². The number of halogens is 1. The third kappa shape index (κ3) is 2.45. The van der Waals surface area contributed by atoms with Gasteiger partial charge in [0.05, 0.1) is 6.20 Å². The van der Waals surface area contributed by atoms with E-state index in [4.69, 9.17) is 11.6 Å². The van der Waals surface area contributed by atoms with E-state index in [1.807, 2.05) is 0 Å². The number of aromatic amines is 1. The van der Waals surface area contributed by atoms with Gasteiger partial charge in [-0.25, -0.2) is 5.10 Å². The van der Waals surface area contributed by atoms with Crippen LogP contribution in [0.3, 0.4) is 0 Å². The average Bonchev–Trinajstić information content (AvgIpc) is 1.77. The van der Waals surface area contributed by atoms with E-state index in [0.717, 1.165) is 0 Å². The first-order valence-electron chi connectivity index (χ1n) is 1.86. The summed E-state index contributed by atoms with van der Waals surface area (Å²) in [6.45, 7) is 0. The second kappa shape index (κ2) is 4.00. The summed E-state index contributed by atoms with van der Waals surface area (Å²) in [4.78, 5) is 10.3. The Kier molecular flexibility index (Phi) is 4.05. The Morgan fingerprint density at radius 2 is 2.33 bits per heavy atom. The van der Waals surface area contributed by atoms with E-state index in [-0.39, 0.29) is 34.6 Å². The van der Waals surface area contributed by atoms with Crippen molar-refractivity contribution in [3.05, 3.63) is 21.6 Å². The quantitative estimate of drug-likeness (QED) is 0.510. The molecule has 0 aliphatic heterocycles. The summed E-state index contributed by atoms with van der Waals surface area (Å²) in [5, 5.41) is 8.59. The predicted octanol–water partition coefficient (Wildman–Crippen LogP) is -0.563. The molecule has 1 N–H and O–H groups in total. The molecule has 9 heavy (non-hydrogen) atoms. The summed E-state index contributed by atoms with van der Waals surface area (Å²) < 4.78 is 0. The van der Waals surface area contributed by atoms with Crippen LogP contribution in [0.25, 0.3) is 0 Å². The smallest absolute Gasteiger partial charge is 0.266 e. The number of nitrogens with one attached hydrogen (secondary N) is 1. The number of nitrogens with zero attached hydrogens (tertiary/aromatic N) is 2. The number of H-pyrrole nitrogens is 1. The maximum absolute atomic E-state index is 10.3. The molecule has 0 saturated carbocycles. The third-order valence-electron chi connectivity index (χ3n) is 0.597. The van der Waals surface area contributed by atoms with Crippen molar-refractivity contribution in [1.29, 1.82) is 0 Å². The summed E-state index contributed by atoms with van der Waals surface area (Å²) in [6, 6.07) is 0. The molecule has 1 radical (unpaired) electrons. The second-order valence-corrected chi connectivity index (χ2v) is 1.54. The summed E-state index contributed by atoms with van der Waals surface area (Å²) in [6.07, 6.45) is 1.18. The van der Waals surface area contributed by atoms with Crippen LogP contribution < -0.4 is 5.56 Å². The van der Waals surface area contributed by atoms with Gasteiger partial charge in [0.2, 0.25) is 0 Å². The molecule has 1 heterocycles. The van der Waals surface area contributed by atoms with Gasteiger partial charge in [-0.15, -0.1) is 5.10 Å². The van der Waals surface area contributed by atoms with Gasteiger partial charge >= 0.3 is 0 Å². The largest absolute Gasteiger partial charge is 0.285 e. The van der Waals surface area contributed by atoms with Crippen LogP contribution in [0.4, 0.5) is 0 Å². The van der Waals surface area contributed by atoms with E-state index in [2.05, 4.69) is 15.4 Å². The Balaban J connectivity index is 0.000000640. The second-order valence-electron chi connectivity index (χ2n) is 1.13. The molecule has 0 aromatic carbocycles. The van der Waals surface area contributed by atoms with Crippen molar-refractivity contribution in [2.45, 2.75) is 0 Å². The molecule has 4 nitrogen and oxygen atoms in total. The first-order valence-corrected chi connectivity index (χ1v) is 2.24. The SMILES string of the molecule is O=c1[nH]nncc1Cl.[Na]. The molecule has 6 heteroatoms. The van der Waals surface area contributed by atoms with E-state index in [9.17, 15) is 4.79 Å². The Bertz CT molecular complexity index is 236. The van der Waals surface area contributed by atoms with Crippen LogP contribution >= 0.6 is 11.6 Å². The van der Waals surface area contributed by atoms with Crippen LogP contribution in [0.2, 0.25) is 5.02 Å². The minimum atomic E-state index is -0.415. The molecule has 0 aliphatic rings. The molecule has 43 valence electrons. The van der Waals surface area contributed by atoms with Gasteiger partial charge in [0.1, 0.15) is 5.02 Å². The van der Waals surface area contributed by atoms with E-state index >= 15 is 0 Å². The first-order chi connectivity index (χ1) is 3.80. The summed E-state index contributed by atoms with van der Waals surface area (Å²) >= 11 is 5.26. The molecule has 1 aromatic heterocycles. The Morgan fingerprint density at radius 1 is 1.67 bits per heavy atom. The summed E-state index contributed by atoms with van der Waals surface area (Å²) in [7, 11) is 0. The number of hydrogen-bond donors (Lipinski definition) is 1. The van der Waals surface area contributed by atoms with E-state index < -0.39 is 5.56 Å².